The maximum atomic E-state index is 11.4. The number of nitrogens with one attached hydrogen (secondary N) is 1. The number of nitrogens with two attached hydrogens (primary N) is 2. The van der Waals surface area contributed by atoms with Crippen molar-refractivity contribution in [1.82, 2.24) is 5.43 Å². The van der Waals surface area contributed by atoms with Gasteiger partial charge in [-0.25, -0.2) is 0 Å². The van der Waals surface area contributed by atoms with Gasteiger partial charge in [-0.1, -0.05) is 49.4 Å². The second-order valence-electron chi connectivity index (χ2n) is 7.77. The van der Waals surface area contributed by atoms with E-state index in [1.165, 1.54) is 5.56 Å². The molecular formula is C20H30N4O. The number of hydrazone groups is 1. The first-order chi connectivity index (χ1) is 11.9. The molecule has 2 aliphatic carbocycles. The molecule has 1 aromatic carbocycles. The maximum Gasteiger partial charge on any atom is 0.208 e. The minimum absolute atomic E-state index is 0.0369. The van der Waals surface area contributed by atoms with E-state index < -0.39 is 5.60 Å². The molecule has 0 bridgehead atoms. The number of benzene rings is 1. The molecule has 0 unspecified atom stereocenters. The summed E-state index contributed by atoms with van der Waals surface area (Å²) in [6.07, 6.45) is 9.27. The van der Waals surface area contributed by atoms with Gasteiger partial charge in [0, 0.05) is 5.41 Å². The molecule has 5 nitrogen and oxygen atoms in total. The van der Waals surface area contributed by atoms with E-state index in [2.05, 4.69) is 59.9 Å². The van der Waals surface area contributed by atoms with Gasteiger partial charge in [-0.05, 0) is 49.5 Å². The Labute approximate surface area is 150 Å². The van der Waals surface area contributed by atoms with Crippen LogP contribution in [0.5, 0.6) is 0 Å². The Morgan fingerprint density at radius 2 is 2.04 bits per heavy atom. The fraction of sp³-hybridized carbons (Fsp3) is 0.550. The van der Waals surface area contributed by atoms with Crippen LogP contribution in [0.3, 0.4) is 0 Å². The van der Waals surface area contributed by atoms with Gasteiger partial charge in [0.25, 0.3) is 0 Å². The van der Waals surface area contributed by atoms with Crippen LogP contribution < -0.4 is 16.9 Å². The summed E-state index contributed by atoms with van der Waals surface area (Å²) in [7, 11) is 0. The molecule has 3 rings (SSSR count). The number of guanidine groups is 1. The fourth-order valence-corrected chi connectivity index (χ4v) is 4.82. The summed E-state index contributed by atoms with van der Waals surface area (Å²) in [5.41, 5.74) is 14.1. The minimum atomic E-state index is -0.575. The van der Waals surface area contributed by atoms with Crippen molar-refractivity contribution in [2.75, 3.05) is 6.54 Å². The highest BCUT2D eigenvalue weighted by atomic mass is 16.3. The van der Waals surface area contributed by atoms with E-state index in [9.17, 15) is 5.11 Å². The molecule has 0 radical (unpaired) electrons. The Morgan fingerprint density at radius 1 is 1.28 bits per heavy atom. The number of hydrogen-bond donors (Lipinski definition) is 4. The number of aliphatic hydroxyl groups is 1. The van der Waals surface area contributed by atoms with E-state index in [-0.39, 0.29) is 11.4 Å². The van der Waals surface area contributed by atoms with Gasteiger partial charge in [-0.3, -0.25) is 0 Å². The molecule has 25 heavy (non-hydrogen) atoms. The summed E-state index contributed by atoms with van der Waals surface area (Å²) in [6, 6.07) is 10.6. The molecule has 5 heteroatoms. The van der Waals surface area contributed by atoms with Crippen molar-refractivity contribution in [2.24, 2.45) is 27.9 Å². The number of hydrogen-bond acceptors (Lipinski definition) is 3. The Hall–Kier alpha value is -2.01. The smallest absolute Gasteiger partial charge is 0.208 e. The molecule has 6 N–H and O–H groups in total. The molecule has 0 heterocycles. The first-order valence-corrected chi connectivity index (χ1v) is 9.20. The number of allylic oxidation sites excluding steroid dienone is 1. The van der Waals surface area contributed by atoms with Crippen LogP contribution in [0.25, 0.3) is 0 Å². The lowest BCUT2D eigenvalue weighted by molar-refractivity contribution is -0.0984. The lowest BCUT2D eigenvalue weighted by Crippen LogP contribution is -2.49. The molecule has 2 fully saturated rings. The lowest BCUT2D eigenvalue weighted by atomic mass is 9.59. The Bertz CT molecular complexity index is 640. The number of rotatable bonds is 5. The highest BCUT2D eigenvalue weighted by molar-refractivity contribution is 5.75. The number of nitrogens with zero attached hydrogens (tertiary/aromatic N) is 1. The van der Waals surface area contributed by atoms with Gasteiger partial charge in [0.1, 0.15) is 0 Å². The van der Waals surface area contributed by atoms with E-state index in [4.69, 9.17) is 11.5 Å². The van der Waals surface area contributed by atoms with Gasteiger partial charge in [0.15, 0.2) is 0 Å². The third-order valence-electron chi connectivity index (χ3n) is 6.40. The second kappa shape index (κ2) is 7.08. The molecule has 0 aromatic heterocycles. The minimum Gasteiger partial charge on any atom is -0.389 e. The Balaban J connectivity index is 1.66. The molecule has 0 aliphatic heterocycles. The summed E-state index contributed by atoms with van der Waals surface area (Å²) in [4.78, 5) is 0. The third kappa shape index (κ3) is 3.52. The predicted molar refractivity (Wildman–Crippen MR) is 102 cm³/mol. The molecule has 4 atom stereocenters. The normalized spacial score (nSPS) is 34.6. The Morgan fingerprint density at radius 3 is 2.76 bits per heavy atom. The second-order valence-corrected chi connectivity index (χ2v) is 7.77. The van der Waals surface area contributed by atoms with Gasteiger partial charge < -0.3 is 22.0 Å². The first kappa shape index (κ1) is 17.8. The SMILES string of the molecule is C[C@]12CC[C@H](c3ccccc3)C[C@@]1(O)CC[C@@H]2C=CCNN=C(N)N. The summed E-state index contributed by atoms with van der Waals surface area (Å²) in [5, 5.41) is 15.2. The topological polar surface area (TPSA) is 96.7 Å². The standard InChI is InChI=1S/C20H30N4O/c1-19-11-9-16(15-6-3-2-4-7-15)14-20(19,25)12-10-17(19)8-5-13-23-24-18(21)22/h2-8,16-17,23,25H,9-14H2,1H3,(H4,21,22,24)/t16-,17-,19+,20-/m0/s1. The largest absolute Gasteiger partial charge is 0.389 e. The molecule has 2 saturated carbocycles. The summed E-state index contributed by atoms with van der Waals surface area (Å²) < 4.78 is 0. The van der Waals surface area contributed by atoms with Crippen LogP contribution >= 0.6 is 0 Å². The van der Waals surface area contributed by atoms with Crippen LogP contribution in [0.2, 0.25) is 0 Å². The molecule has 0 saturated heterocycles. The van der Waals surface area contributed by atoms with E-state index in [1.54, 1.807) is 0 Å². The highest BCUT2D eigenvalue weighted by Gasteiger charge is 2.58. The zero-order chi connectivity index (χ0) is 17.9. The molecule has 2 aliphatic rings. The molecule has 136 valence electrons. The molecule has 0 amide bonds. The summed E-state index contributed by atoms with van der Waals surface area (Å²) in [6.45, 7) is 2.86. The zero-order valence-electron chi connectivity index (χ0n) is 15.0. The average Bonchev–Trinajstić information content (AvgIpc) is 2.86. The van der Waals surface area contributed by atoms with Crippen molar-refractivity contribution < 1.29 is 5.11 Å². The van der Waals surface area contributed by atoms with Crippen molar-refractivity contribution in [3.05, 3.63) is 48.0 Å². The quantitative estimate of drug-likeness (QED) is 0.217. The first-order valence-electron chi connectivity index (χ1n) is 9.20. The van der Waals surface area contributed by atoms with Gasteiger partial charge in [-0.2, -0.15) is 0 Å². The zero-order valence-corrected chi connectivity index (χ0v) is 15.0. The van der Waals surface area contributed by atoms with Gasteiger partial charge in [0.05, 0.1) is 12.1 Å². The lowest BCUT2D eigenvalue weighted by Gasteiger charge is -2.49. The highest BCUT2D eigenvalue weighted by Crippen LogP contribution is 2.60. The van der Waals surface area contributed by atoms with Crippen LogP contribution in [-0.2, 0) is 0 Å². The molecule has 0 spiro atoms. The van der Waals surface area contributed by atoms with Crippen molar-refractivity contribution in [3.63, 3.8) is 0 Å². The van der Waals surface area contributed by atoms with E-state index >= 15 is 0 Å². The van der Waals surface area contributed by atoms with Crippen molar-refractivity contribution in [3.8, 4) is 0 Å². The number of fused-ring (bicyclic) bond motifs is 1. The van der Waals surface area contributed by atoms with Gasteiger partial charge >= 0.3 is 0 Å². The van der Waals surface area contributed by atoms with E-state index in [1.807, 2.05) is 0 Å². The van der Waals surface area contributed by atoms with E-state index in [0.717, 1.165) is 32.1 Å². The third-order valence-corrected chi connectivity index (χ3v) is 6.40. The van der Waals surface area contributed by atoms with E-state index in [0.29, 0.717) is 18.4 Å². The van der Waals surface area contributed by atoms with Crippen molar-refractivity contribution in [1.29, 1.82) is 0 Å². The summed E-state index contributed by atoms with van der Waals surface area (Å²) in [5.74, 6) is 0.899. The van der Waals surface area contributed by atoms with Crippen molar-refractivity contribution >= 4 is 5.96 Å². The predicted octanol–water partition coefficient (Wildman–Crippen LogP) is 2.44. The summed E-state index contributed by atoms with van der Waals surface area (Å²) >= 11 is 0. The fourth-order valence-electron chi connectivity index (χ4n) is 4.82. The molecular weight excluding hydrogens is 312 g/mol. The van der Waals surface area contributed by atoms with Crippen LogP contribution in [-0.4, -0.2) is 23.2 Å². The average molecular weight is 342 g/mol. The van der Waals surface area contributed by atoms with Gasteiger partial charge in [0.2, 0.25) is 5.96 Å². The Kier molecular flexibility index (Phi) is 5.04. The van der Waals surface area contributed by atoms with Crippen molar-refractivity contribution in [2.45, 2.75) is 50.5 Å². The molecule has 1 aromatic rings. The van der Waals surface area contributed by atoms with Gasteiger partial charge in [-0.15, -0.1) is 5.10 Å². The van der Waals surface area contributed by atoms with Crippen LogP contribution in [0, 0.1) is 11.3 Å². The van der Waals surface area contributed by atoms with Crippen LogP contribution in [0.15, 0.2) is 47.6 Å². The maximum absolute atomic E-state index is 11.4. The monoisotopic (exact) mass is 342 g/mol. The van der Waals surface area contributed by atoms with Crippen LogP contribution in [0.1, 0.15) is 50.5 Å². The van der Waals surface area contributed by atoms with Crippen LogP contribution in [0.4, 0.5) is 0 Å².